The number of benzene rings is 2. The molecule has 0 bridgehead atoms. The van der Waals surface area contributed by atoms with Crippen molar-refractivity contribution < 1.29 is 9.53 Å². The smallest absolute Gasteiger partial charge is 0.153 e. The number of ether oxygens (including phenoxy) is 1. The number of fused-ring (bicyclic) bond motifs is 1. The summed E-state index contributed by atoms with van der Waals surface area (Å²) in [4.78, 5) is 11.4. The minimum atomic E-state index is 0.370. The fourth-order valence-electron chi connectivity index (χ4n) is 2.54. The van der Waals surface area contributed by atoms with E-state index in [0.29, 0.717) is 33.1 Å². The van der Waals surface area contributed by atoms with Crippen LogP contribution in [0, 0.1) is 0 Å². The van der Waals surface area contributed by atoms with Gasteiger partial charge in [0.15, 0.2) is 6.29 Å². The van der Waals surface area contributed by atoms with E-state index in [4.69, 9.17) is 39.5 Å². The molecule has 0 unspecified atom stereocenters. The average molecular weight is 369 g/mol. The number of aromatic nitrogens is 1. The van der Waals surface area contributed by atoms with Crippen molar-refractivity contribution in [2.45, 2.75) is 6.54 Å². The van der Waals surface area contributed by atoms with Gasteiger partial charge in [-0.2, -0.15) is 0 Å². The van der Waals surface area contributed by atoms with Crippen LogP contribution in [0.4, 0.5) is 0 Å². The van der Waals surface area contributed by atoms with E-state index in [1.54, 1.807) is 25.3 Å². The Hall–Kier alpha value is -1.68. The lowest BCUT2D eigenvalue weighted by atomic mass is 10.2. The molecular weight excluding hydrogens is 357 g/mol. The van der Waals surface area contributed by atoms with Gasteiger partial charge in [-0.25, -0.2) is 0 Å². The highest BCUT2D eigenvalue weighted by Gasteiger charge is 2.17. The summed E-state index contributed by atoms with van der Waals surface area (Å²) in [7, 11) is 1.58. The van der Waals surface area contributed by atoms with Crippen LogP contribution >= 0.6 is 34.8 Å². The second-order valence-electron chi connectivity index (χ2n) is 5.03. The van der Waals surface area contributed by atoms with Crippen LogP contribution in [-0.2, 0) is 6.54 Å². The summed E-state index contributed by atoms with van der Waals surface area (Å²) in [6.07, 6.45) is 0.754. The van der Waals surface area contributed by atoms with E-state index in [9.17, 15) is 4.79 Å². The first kappa shape index (κ1) is 16.2. The fourth-order valence-corrected chi connectivity index (χ4v) is 3.31. The van der Waals surface area contributed by atoms with Crippen LogP contribution in [-0.4, -0.2) is 18.0 Å². The van der Waals surface area contributed by atoms with Gasteiger partial charge in [0.1, 0.15) is 10.9 Å². The molecular formula is C17H12Cl3NO2. The zero-order chi connectivity index (χ0) is 16.6. The maximum atomic E-state index is 11.4. The Morgan fingerprint density at radius 1 is 1.13 bits per heavy atom. The van der Waals surface area contributed by atoms with E-state index in [0.717, 1.165) is 22.8 Å². The monoisotopic (exact) mass is 367 g/mol. The predicted octanol–water partition coefficient (Wildman–Crippen LogP) is 5.47. The van der Waals surface area contributed by atoms with Crippen molar-refractivity contribution in [3.8, 4) is 5.75 Å². The number of hydrogen-bond donors (Lipinski definition) is 0. The van der Waals surface area contributed by atoms with Crippen LogP contribution in [0.1, 0.15) is 15.9 Å². The van der Waals surface area contributed by atoms with E-state index in [-0.39, 0.29) is 0 Å². The summed E-state index contributed by atoms with van der Waals surface area (Å²) < 4.78 is 7.06. The van der Waals surface area contributed by atoms with Gasteiger partial charge in [0.2, 0.25) is 0 Å². The highest BCUT2D eigenvalue weighted by molar-refractivity contribution is 6.35. The molecule has 2 aromatic carbocycles. The standard InChI is InChI=1S/C17H12Cl3NO2/c1-23-12-4-5-16-13(7-12)14(9-22)17(20)21(16)8-10-2-3-11(18)6-15(10)19/h2-7,9H,8H2,1H3. The van der Waals surface area contributed by atoms with Crippen LogP contribution < -0.4 is 4.74 Å². The Bertz CT molecular complexity index is 902. The number of hydrogen-bond acceptors (Lipinski definition) is 2. The van der Waals surface area contributed by atoms with Crippen molar-refractivity contribution in [1.29, 1.82) is 0 Å². The quantitative estimate of drug-likeness (QED) is 0.572. The van der Waals surface area contributed by atoms with Gasteiger partial charge >= 0.3 is 0 Å². The van der Waals surface area contributed by atoms with Crippen molar-refractivity contribution in [1.82, 2.24) is 4.57 Å². The predicted molar refractivity (Wildman–Crippen MR) is 94.5 cm³/mol. The van der Waals surface area contributed by atoms with Crippen LogP contribution in [0.2, 0.25) is 15.2 Å². The van der Waals surface area contributed by atoms with Gasteiger partial charge in [-0.05, 0) is 35.9 Å². The molecule has 0 spiro atoms. The summed E-state index contributed by atoms with van der Waals surface area (Å²) >= 11 is 18.6. The molecule has 0 N–H and O–H groups in total. The van der Waals surface area contributed by atoms with Crippen LogP contribution in [0.15, 0.2) is 36.4 Å². The van der Waals surface area contributed by atoms with Crippen molar-refractivity contribution in [2.24, 2.45) is 0 Å². The second kappa shape index (κ2) is 6.44. The summed E-state index contributed by atoms with van der Waals surface area (Å²) in [6.45, 7) is 0.436. The average Bonchev–Trinajstić information content (AvgIpc) is 2.80. The third kappa shape index (κ3) is 2.92. The van der Waals surface area contributed by atoms with E-state index in [1.807, 2.05) is 22.8 Å². The first-order valence-corrected chi connectivity index (χ1v) is 7.93. The van der Waals surface area contributed by atoms with Gasteiger partial charge in [-0.3, -0.25) is 4.79 Å². The third-order valence-electron chi connectivity index (χ3n) is 3.71. The molecule has 3 rings (SSSR count). The molecule has 0 radical (unpaired) electrons. The fraction of sp³-hybridized carbons (Fsp3) is 0.118. The van der Waals surface area contributed by atoms with Crippen molar-refractivity contribution in [2.75, 3.05) is 7.11 Å². The molecule has 3 aromatic rings. The Balaban J connectivity index is 2.17. The first-order chi connectivity index (χ1) is 11.0. The number of aldehydes is 1. The molecule has 0 aliphatic heterocycles. The number of rotatable bonds is 4. The largest absolute Gasteiger partial charge is 0.497 e. The van der Waals surface area contributed by atoms with Crippen LogP contribution in [0.3, 0.4) is 0 Å². The molecule has 118 valence electrons. The third-order valence-corrected chi connectivity index (χ3v) is 4.70. The number of carbonyl (C=O) groups excluding carboxylic acids is 1. The number of methoxy groups -OCH3 is 1. The van der Waals surface area contributed by atoms with E-state index in [1.165, 1.54) is 0 Å². The van der Waals surface area contributed by atoms with Gasteiger partial charge < -0.3 is 9.30 Å². The lowest BCUT2D eigenvalue weighted by molar-refractivity contribution is 0.112. The second-order valence-corrected chi connectivity index (χ2v) is 6.23. The van der Waals surface area contributed by atoms with E-state index >= 15 is 0 Å². The Morgan fingerprint density at radius 3 is 2.57 bits per heavy atom. The molecule has 0 fully saturated rings. The summed E-state index contributed by atoms with van der Waals surface area (Å²) in [5.41, 5.74) is 2.14. The van der Waals surface area contributed by atoms with E-state index in [2.05, 4.69) is 0 Å². The van der Waals surface area contributed by atoms with Crippen molar-refractivity contribution >= 4 is 52.0 Å². The molecule has 1 aromatic heterocycles. The highest BCUT2D eigenvalue weighted by Crippen LogP contribution is 2.33. The zero-order valence-corrected chi connectivity index (χ0v) is 14.4. The molecule has 0 amide bonds. The minimum absolute atomic E-state index is 0.370. The lowest BCUT2D eigenvalue weighted by Crippen LogP contribution is -2.00. The molecule has 23 heavy (non-hydrogen) atoms. The summed E-state index contributed by atoms with van der Waals surface area (Å²) in [6, 6.07) is 10.8. The molecule has 0 saturated heterocycles. The SMILES string of the molecule is COc1ccc2c(c1)c(C=O)c(Cl)n2Cc1ccc(Cl)cc1Cl. The number of nitrogens with zero attached hydrogens (tertiary/aromatic N) is 1. The van der Waals surface area contributed by atoms with E-state index < -0.39 is 0 Å². The summed E-state index contributed by atoms with van der Waals surface area (Å²) in [5.74, 6) is 0.666. The Morgan fingerprint density at radius 2 is 1.91 bits per heavy atom. The molecule has 0 aliphatic carbocycles. The Labute approximate surface area is 148 Å². The van der Waals surface area contributed by atoms with Crippen molar-refractivity contribution in [3.05, 3.63) is 62.7 Å². The first-order valence-electron chi connectivity index (χ1n) is 6.80. The molecule has 1 heterocycles. The van der Waals surface area contributed by atoms with Gasteiger partial charge in [0.25, 0.3) is 0 Å². The number of halogens is 3. The van der Waals surface area contributed by atoms with Crippen molar-refractivity contribution in [3.63, 3.8) is 0 Å². The molecule has 6 heteroatoms. The van der Waals surface area contributed by atoms with Gasteiger partial charge in [-0.1, -0.05) is 40.9 Å². The molecule has 0 atom stereocenters. The Kier molecular flexibility index (Phi) is 4.53. The topological polar surface area (TPSA) is 31.2 Å². The zero-order valence-electron chi connectivity index (χ0n) is 12.1. The molecule has 0 saturated carbocycles. The summed E-state index contributed by atoms with van der Waals surface area (Å²) in [5, 5.41) is 2.24. The van der Waals surface area contributed by atoms with Crippen LogP contribution in [0.25, 0.3) is 10.9 Å². The van der Waals surface area contributed by atoms with Crippen LogP contribution in [0.5, 0.6) is 5.75 Å². The number of carbonyl (C=O) groups is 1. The van der Waals surface area contributed by atoms with Gasteiger partial charge in [-0.15, -0.1) is 0 Å². The lowest BCUT2D eigenvalue weighted by Gasteiger charge is -2.10. The highest BCUT2D eigenvalue weighted by atomic mass is 35.5. The normalized spacial score (nSPS) is 11.0. The van der Waals surface area contributed by atoms with Gasteiger partial charge in [0.05, 0.1) is 24.7 Å². The molecule has 0 aliphatic rings. The minimum Gasteiger partial charge on any atom is -0.497 e. The maximum absolute atomic E-state index is 11.4. The maximum Gasteiger partial charge on any atom is 0.153 e. The van der Waals surface area contributed by atoms with Gasteiger partial charge in [0, 0.05) is 15.4 Å². The molecule has 3 nitrogen and oxygen atoms in total.